The molecular weight excluding hydrogens is 250 g/mol. The third-order valence-electron chi connectivity index (χ3n) is 2.74. The van der Waals surface area contributed by atoms with E-state index in [1.165, 1.54) is 0 Å². The Balaban J connectivity index is 4.36. The molecule has 0 aliphatic heterocycles. The standard InChI is InChI=1S/C12H25N3O4/c1-8(2)9(15-11(13)17)10(16)14-7-12(3,18)5-6-19-4/h8-9,18H,5-7H2,1-4H3,(H,14,16)(H3,13,15,17). The third kappa shape index (κ3) is 7.63. The fraction of sp³-hybridized carbons (Fsp3) is 0.833. The van der Waals surface area contributed by atoms with E-state index in [0.717, 1.165) is 0 Å². The summed E-state index contributed by atoms with van der Waals surface area (Å²) in [5.41, 5.74) is 3.97. The fourth-order valence-corrected chi connectivity index (χ4v) is 1.49. The molecule has 2 atom stereocenters. The summed E-state index contributed by atoms with van der Waals surface area (Å²) in [6, 6.07) is -1.46. The predicted molar refractivity (Wildman–Crippen MR) is 71.5 cm³/mol. The zero-order chi connectivity index (χ0) is 15.1. The summed E-state index contributed by atoms with van der Waals surface area (Å²) < 4.78 is 4.88. The minimum absolute atomic E-state index is 0.0822. The van der Waals surface area contributed by atoms with E-state index in [-0.39, 0.29) is 18.4 Å². The average Bonchev–Trinajstić information content (AvgIpc) is 2.30. The lowest BCUT2D eigenvalue weighted by molar-refractivity contribution is -0.125. The highest BCUT2D eigenvalue weighted by Gasteiger charge is 2.26. The molecule has 2 unspecified atom stereocenters. The third-order valence-corrected chi connectivity index (χ3v) is 2.74. The van der Waals surface area contributed by atoms with Gasteiger partial charge in [0.25, 0.3) is 0 Å². The SMILES string of the molecule is COCCC(C)(O)CNC(=O)C(NC(N)=O)C(C)C. The van der Waals surface area contributed by atoms with Gasteiger partial charge in [0, 0.05) is 26.7 Å². The molecule has 7 nitrogen and oxygen atoms in total. The van der Waals surface area contributed by atoms with Crippen LogP contribution in [0.15, 0.2) is 0 Å². The van der Waals surface area contributed by atoms with E-state index in [9.17, 15) is 14.7 Å². The number of nitrogens with one attached hydrogen (secondary N) is 2. The highest BCUT2D eigenvalue weighted by Crippen LogP contribution is 2.08. The van der Waals surface area contributed by atoms with Gasteiger partial charge in [0.2, 0.25) is 5.91 Å². The summed E-state index contributed by atoms with van der Waals surface area (Å²) in [7, 11) is 1.54. The van der Waals surface area contributed by atoms with Crippen LogP contribution in [0.1, 0.15) is 27.2 Å². The molecule has 7 heteroatoms. The molecule has 0 spiro atoms. The van der Waals surface area contributed by atoms with Crippen LogP contribution in [0.2, 0.25) is 0 Å². The van der Waals surface area contributed by atoms with Crippen molar-refractivity contribution in [2.24, 2.45) is 11.7 Å². The van der Waals surface area contributed by atoms with Crippen LogP contribution in [0.25, 0.3) is 0 Å². The summed E-state index contributed by atoms with van der Waals surface area (Å²) >= 11 is 0. The Labute approximate surface area is 113 Å². The van der Waals surface area contributed by atoms with Crippen LogP contribution >= 0.6 is 0 Å². The summed E-state index contributed by atoms with van der Waals surface area (Å²) in [6.45, 7) is 5.68. The zero-order valence-electron chi connectivity index (χ0n) is 12.0. The number of hydrogen-bond donors (Lipinski definition) is 4. The van der Waals surface area contributed by atoms with E-state index in [1.807, 2.05) is 0 Å². The van der Waals surface area contributed by atoms with Crippen molar-refractivity contribution in [3.05, 3.63) is 0 Å². The lowest BCUT2D eigenvalue weighted by atomic mass is 10.0. The molecule has 3 amide bonds. The van der Waals surface area contributed by atoms with Crippen LogP contribution in [0.5, 0.6) is 0 Å². The Hall–Kier alpha value is -1.34. The second kappa shape index (κ2) is 7.96. The Morgan fingerprint density at radius 3 is 2.42 bits per heavy atom. The van der Waals surface area contributed by atoms with Gasteiger partial charge in [0.05, 0.1) is 5.60 Å². The molecule has 19 heavy (non-hydrogen) atoms. The molecule has 0 aliphatic carbocycles. The number of nitrogens with two attached hydrogens (primary N) is 1. The maximum absolute atomic E-state index is 11.9. The molecule has 0 fully saturated rings. The Bertz CT molecular complexity index is 305. The van der Waals surface area contributed by atoms with E-state index in [0.29, 0.717) is 13.0 Å². The summed E-state index contributed by atoms with van der Waals surface area (Å²) in [5.74, 6) is -0.470. The van der Waals surface area contributed by atoms with Gasteiger partial charge >= 0.3 is 6.03 Å². The molecule has 0 aromatic carbocycles. The molecule has 0 aromatic rings. The topological polar surface area (TPSA) is 114 Å². The fourth-order valence-electron chi connectivity index (χ4n) is 1.49. The molecule has 0 saturated carbocycles. The molecule has 0 rings (SSSR count). The second-order valence-electron chi connectivity index (χ2n) is 5.19. The van der Waals surface area contributed by atoms with Crippen molar-refractivity contribution in [1.82, 2.24) is 10.6 Å². The Morgan fingerprint density at radius 1 is 1.42 bits per heavy atom. The second-order valence-corrected chi connectivity index (χ2v) is 5.19. The zero-order valence-corrected chi connectivity index (χ0v) is 12.0. The number of primary amides is 1. The van der Waals surface area contributed by atoms with Gasteiger partial charge < -0.3 is 26.2 Å². The van der Waals surface area contributed by atoms with Gasteiger partial charge in [-0.05, 0) is 12.8 Å². The normalized spacial score (nSPS) is 15.7. The van der Waals surface area contributed by atoms with Gasteiger partial charge in [-0.2, -0.15) is 0 Å². The summed E-state index contributed by atoms with van der Waals surface area (Å²) in [4.78, 5) is 22.7. The van der Waals surface area contributed by atoms with Gasteiger partial charge in [-0.15, -0.1) is 0 Å². The van der Waals surface area contributed by atoms with Crippen LogP contribution in [0.3, 0.4) is 0 Å². The highest BCUT2D eigenvalue weighted by molar-refractivity contribution is 5.86. The number of hydrogen-bond acceptors (Lipinski definition) is 4. The quantitative estimate of drug-likeness (QED) is 0.482. The van der Waals surface area contributed by atoms with Gasteiger partial charge in [0.1, 0.15) is 6.04 Å². The number of ether oxygens (including phenoxy) is 1. The lowest BCUT2D eigenvalue weighted by Gasteiger charge is -2.26. The number of rotatable bonds is 8. The van der Waals surface area contributed by atoms with Crippen molar-refractivity contribution < 1.29 is 19.4 Å². The minimum atomic E-state index is -1.06. The number of methoxy groups -OCH3 is 1. The van der Waals surface area contributed by atoms with Crippen molar-refractivity contribution in [1.29, 1.82) is 0 Å². The Morgan fingerprint density at radius 2 is 2.00 bits per heavy atom. The smallest absolute Gasteiger partial charge is 0.312 e. The first-order valence-corrected chi connectivity index (χ1v) is 6.24. The van der Waals surface area contributed by atoms with Gasteiger partial charge in [-0.3, -0.25) is 4.79 Å². The van der Waals surface area contributed by atoms with E-state index in [1.54, 1.807) is 27.9 Å². The van der Waals surface area contributed by atoms with Crippen LogP contribution in [0, 0.1) is 5.92 Å². The first-order valence-electron chi connectivity index (χ1n) is 6.24. The van der Waals surface area contributed by atoms with Crippen molar-refractivity contribution in [3.63, 3.8) is 0 Å². The molecule has 0 aromatic heterocycles. The molecule has 0 radical (unpaired) electrons. The highest BCUT2D eigenvalue weighted by atomic mass is 16.5. The van der Waals surface area contributed by atoms with E-state index >= 15 is 0 Å². The first kappa shape index (κ1) is 17.7. The molecule has 0 aliphatic rings. The van der Waals surface area contributed by atoms with E-state index < -0.39 is 17.7 Å². The van der Waals surface area contributed by atoms with Gasteiger partial charge in [-0.1, -0.05) is 13.8 Å². The van der Waals surface area contributed by atoms with Gasteiger partial charge in [-0.25, -0.2) is 4.79 Å². The monoisotopic (exact) mass is 275 g/mol. The Kier molecular flexibility index (Phi) is 7.40. The first-order chi connectivity index (χ1) is 8.69. The molecule has 0 bridgehead atoms. The van der Waals surface area contributed by atoms with Gasteiger partial charge in [0.15, 0.2) is 0 Å². The molecule has 0 saturated heterocycles. The maximum atomic E-state index is 11.9. The van der Waals surface area contributed by atoms with Crippen molar-refractivity contribution >= 4 is 11.9 Å². The van der Waals surface area contributed by atoms with Crippen LogP contribution in [-0.2, 0) is 9.53 Å². The van der Waals surface area contributed by atoms with E-state index in [2.05, 4.69) is 10.6 Å². The van der Waals surface area contributed by atoms with Crippen LogP contribution in [-0.4, -0.2) is 48.9 Å². The van der Waals surface area contributed by atoms with E-state index in [4.69, 9.17) is 10.5 Å². The van der Waals surface area contributed by atoms with Crippen LogP contribution in [0.4, 0.5) is 4.79 Å². The minimum Gasteiger partial charge on any atom is -0.388 e. The molecule has 0 heterocycles. The molecular formula is C12H25N3O4. The number of carbonyl (C=O) groups is 2. The van der Waals surface area contributed by atoms with Crippen molar-refractivity contribution in [2.75, 3.05) is 20.3 Å². The summed E-state index contributed by atoms with van der Waals surface area (Å²) in [5, 5.41) is 15.0. The average molecular weight is 275 g/mol. The predicted octanol–water partition coefficient (Wildman–Crippen LogP) is -0.417. The number of urea groups is 1. The number of carbonyl (C=O) groups excluding carboxylic acids is 2. The van der Waals surface area contributed by atoms with Crippen molar-refractivity contribution in [2.45, 2.75) is 38.8 Å². The largest absolute Gasteiger partial charge is 0.388 e. The number of amides is 3. The van der Waals surface area contributed by atoms with Crippen molar-refractivity contribution in [3.8, 4) is 0 Å². The number of aliphatic hydroxyl groups is 1. The van der Waals surface area contributed by atoms with Crippen LogP contribution < -0.4 is 16.4 Å². The maximum Gasteiger partial charge on any atom is 0.312 e. The lowest BCUT2D eigenvalue weighted by Crippen LogP contribution is -2.53. The molecule has 5 N–H and O–H groups in total. The summed E-state index contributed by atoms with van der Waals surface area (Å²) in [6.07, 6.45) is 0.402. The molecule has 112 valence electrons.